The van der Waals surface area contributed by atoms with Crippen LogP contribution in [0.15, 0.2) is 24.3 Å². The number of nitriles is 1. The van der Waals surface area contributed by atoms with Gasteiger partial charge in [0.2, 0.25) is 0 Å². The fraction of sp³-hybridized carbons (Fsp3) is 0.400. The minimum atomic E-state index is -0.924. The summed E-state index contributed by atoms with van der Waals surface area (Å²) in [5, 5.41) is 11.4. The van der Waals surface area contributed by atoms with Gasteiger partial charge in [-0.05, 0) is 38.0 Å². The first-order chi connectivity index (χ1) is 10.1. The van der Waals surface area contributed by atoms with Crippen LogP contribution in [0.1, 0.15) is 25.3 Å². The molecule has 1 N–H and O–H groups in total. The molecule has 1 amide bonds. The lowest BCUT2D eigenvalue weighted by molar-refractivity contribution is -0.162. The van der Waals surface area contributed by atoms with E-state index in [4.69, 9.17) is 14.7 Å². The van der Waals surface area contributed by atoms with E-state index in [0.717, 1.165) is 6.42 Å². The van der Waals surface area contributed by atoms with Crippen molar-refractivity contribution < 1.29 is 19.1 Å². The van der Waals surface area contributed by atoms with Gasteiger partial charge in [0.15, 0.2) is 12.2 Å². The van der Waals surface area contributed by atoms with Gasteiger partial charge in [-0.3, -0.25) is 4.79 Å². The molecule has 1 aliphatic rings. The number of carbonyl (C=O) groups is 2. The van der Waals surface area contributed by atoms with Gasteiger partial charge in [0.1, 0.15) is 0 Å². The summed E-state index contributed by atoms with van der Waals surface area (Å²) in [7, 11) is 0. The molecule has 0 radical (unpaired) electrons. The van der Waals surface area contributed by atoms with Crippen LogP contribution in [0.5, 0.6) is 0 Å². The predicted octanol–water partition coefficient (Wildman–Crippen LogP) is 1.61. The number of amides is 1. The van der Waals surface area contributed by atoms with Crippen molar-refractivity contribution in [2.45, 2.75) is 32.0 Å². The van der Waals surface area contributed by atoms with E-state index < -0.39 is 24.1 Å². The van der Waals surface area contributed by atoms with Crippen LogP contribution in [0.2, 0.25) is 0 Å². The third-order valence-electron chi connectivity index (χ3n) is 3.11. The number of anilines is 1. The van der Waals surface area contributed by atoms with E-state index in [1.165, 1.54) is 6.92 Å². The Labute approximate surface area is 122 Å². The van der Waals surface area contributed by atoms with Crippen molar-refractivity contribution in [3.8, 4) is 6.07 Å². The Hall–Kier alpha value is -2.39. The molecule has 0 bridgehead atoms. The van der Waals surface area contributed by atoms with Gasteiger partial charge in [0.25, 0.3) is 5.91 Å². The topological polar surface area (TPSA) is 88.4 Å². The van der Waals surface area contributed by atoms with Crippen LogP contribution in [0.4, 0.5) is 5.69 Å². The van der Waals surface area contributed by atoms with Gasteiger partial charge in [-0.2, -0.15) is 5.26 Å². The van der Waals surface area contributed by atoms with Crippen molar-refractivity contribution in [1.29, 1.82) is 5.26 Å². The van der Waals surface area contributed by atoms with Crippen molar-refractivity contribution in [2.75, 3.05) is 11.9 Å². The summed E-state index contributed by atoms with van der Waals surface area (Å²) in [6, 6.07) is 8.49. The number of hydrogen-bond acceptors (Lipinski definition) is 5. The Morgan fingerprint density at radius 2 is 2.33 bits per heavy atom. The highest BCUT2D eigenvalue weighted by molar-refractivity contribution is 5.95. The van der Waals surface area contributed by atoms with Gasteiger partial charge in [0, 0.05) is 12.3 Å². The molecule has 0 unspecified atom stereocenters. The number of benzene rings is 1. The zero-order valence-electron chi connectivity index (χ0n) is 11.7. The second-order valence-electron chi connectivity index (χ2n) is 4.76. The minimum Gasteiger partial charge on any atom is -0.451 e. The van der Waals surface area contributed by atoms with Crippen molar-refractivity contribution in [1.82, 2.24) is 0 Å². The standard InChI is InChI=1S/C15H16N2O4/c1-10(21-15(19)13-6-3-7-20-13)14(18)17-12-5-2-4-11(8-12)9-16/h2,4-5,8,10,13H,3,6-7H2,1H3,(H,17,18)/t10-,13-/m0/s1. The summed E-state index contributed by atoms with van der Waals surface area (Å²) in [5.41, 5.74) is 0.927. The lowest BCUT2D eigenvalue weighted by Crippen LogP contribution is -2.34. The highest BCUT2D eigenvalue weighted by Crippen LogP contribution is 2.15. The summed E-state index contributed by atoms with van der Waals surface area (Å²) in [5.74, 6) is -0.961. The summed E-state index contributed by atoms with van der Waals surface area (Å²) >= 11 is 0. The lowest BCUT2D eigenvalue weighted by Gasteiger charge is -2.16. The van der Waals surface area contributed by atoms with Gasteiger partial charge < -0.3 is 14.8 Å². The second-order valence-corrected chi connectivity index (χ2v) is 4.76. The molecule has 0 aromatic heterocycles. The first-order valence-corrected chi connectivity index (χ1v) is 6.73. The van der Waals surface area contributed by atoms with Crippen molar-refractivity contribution >= 4 is 17.6 Å². The normalized spacial score (nSPS) is 18.6. The Kier molecular flexibility index (Phi) is 4.90. The van der Waals surface area contributed by atoms with E-state index >= 15 is 0 Å². The zero-order chi connectivity index (χ0) is 15.2. The SMILES string of the molecule is C[C@H](OC(=O)[C@@H]1CCCO1)C(=O)Nc1cccc(C#N)c1. The largest absolute Gasteiger partial charge is 0.451 e. The molecule has 1 heterocycles. The Morgan fingerprint density at radius 1 is 1.52 bits per heavy atom. The van der Waals surface area contributed by atoms with Crippen molar-refractivity contribution in [3.05, 3.63) is 29.8 Å². The molecule has 21 heavy (non-hydrogen) atoms. The molecule has 2 rings (SSSR count). The highest BCUT2D eigenvalue weighted by Gasteiger charge is 2.28. The third-order valence-corrected chi connectivity index (χ3v) is 3.11. The number of carbonyl (C=O) groups excluding carboxylic acids is 2. The molecule has 1 aromatic carbocycles. The molecule has 0 spiro atoms. The summed E-state index contributed by atoms with van der Waals surface area (Å²) < 4.78 is 10.3. The fourth-order valence-electron chi connectivity index (χ4n) is 1.98. The van der Waals surface area contributed by atoms with Gasteiger partial charge in [-0.25, -0.2) is 4.79 Å². The molecule has 110 valence electrons. The molecule has 0 saturated carbocycles. The maximum atomic E-state index is 12.0. The summed E-state index contributed by atoms with van der Waals surface area (Å²) in [6.07, 6.45) is -0.0480. The van der Waals surface area contributed by atoms with Crippen LogP contribution in [0.25, 0.3) is 0 Å². The van der Waals surface area contributed by atoms with Crippen LogP contribution in [-0.2, 0) is 19.1 Å². The monoisotopic (exact) mass is 288 g/mol. The number of esters is 1. The van der Waals surface area contributed by atoms with Crippen LogP contribution in [0.3, 0.4) is 0 Å². The molecule has 0 aliphatic carbocycles. The number of ether oxygens (including phenoxy) is 2. The molecular formula is C15H16N2O4. The van der Waals surface area contributed by atoms with E-state index in [9.17, 15) is 9.59 Å². The molecule has 1 saturated heterocycles. The molecule has 2 atom stereocenters. The van der Waals surface area contributed by atoms with Crippen molar-refractivity contribution in [2.24, 2.45) is 0 Å². The van der Waals surface area contributed by atoms with Gasteiger partial charge in [-0.1, -0.05) is 6.07 Å². The number of nitrogens with zero attached hydrogens (tertiary/aromatic N) is 1. The van der Waals surface area contributed by atoms with E-state index in [2.05, 4.69) is 5.32 Å². The maximum Gasteiger partial charge on any atom is 0.336 e. The quantitative estimate of drug-likeness (QED) is 0.850. The van der Waals surface area contributed by atoms with E-state index in [0.29, 0.717) is 24.3 Å². The summed E-state index contributed by atoms with van der Waals surface area (Å²) in [6.45, 7) is 2.04. The first-order valence-electron chi connectivity index (χ1n) is 6.73. The van der Waals surface area contributed by atoms with E-state index in [-0.39, 0.29) is 0 Å². The molecule has 6 nitrogen and oxygen atoms in total. The third kappa shape index (κ3) is 4.04. The number of hydrogen-bond donors (Lipinski definition) is 1. The van der Waals surface area contributed by atoms with Crippen LogP contribution >= 0.6 is 0 Å². The Bertz CT molecular complexity index is 573. The highest BCUT2D eigenvalue weighted by atomic mass is 16.6. The van der Waals surface area contributed by atoms with Crippen LogP contribution in [0, 0.1) is 11.3 Å². The molecular weight excluding hydrogens is 272 g/mol. The lowest BCUT2D eigenvalue weighted by atomic mass is 10.2. The average Bonchev–Trinajstić information content (AvgIpc) is 3.01. The Morgan fingerprint density at radius 3 is 3.00 bits per heavy atom. The van der Waals surface area contributed by atoms with Gasteiger partial charge >= 0.3 is 5.97 Å². The molecule has 1 aromatic rings. The minimum absolute atomic E-state index is 0.441. The first kappa shape index (κ1) is 15.0. The van der Waals surface area contributed by atoms with Crippen molar-refractivity contribution in [3.63, 3.8) is 0 Å². The smallest absolute Gasteiger partial charge is 0.336 e. The van der Waals surface area contributed by atoms with E-state index in [1.807, 2.05) is 6.07 Å². The summed E-state index contributed by atoms with van der Waals surface area (Å²) in [4.78, 5) is 23.7. The fourth-order valence-corrected chi connectivity index (χ4v) is 1.98. The number of rotatable bonds is 4. The predicted molar refractivity (Wildman–Crippen MR) is 74.3 cm³/mol. The maximum absolute atomic E-state index is 12.0. The van der Waals surface area contributed by atoms with E-state index in [1.54, 1.807) is 24.3 Å². The molecule has 1 aliphatic heterocycles. The zero-order valence-corrected chi connectivity index (χ0v) is 11.7. The Balaban J connectivity index is 1.90. The van der Waals surface area contributed by atoms with Crippen LogP contribution < -0.4 is 5.32 Å². The average molecular weight is 288 g/mol. The second kappa shape index (κ2) is 6.86. The molecule has 1 fully saturated rings. The molecule has 6 heteroatoms. The number of nitrogens with one attached hydrogen (secondary N) is 1. The van der Waals surface area contributed by atoms with Crippen LogP contribution in [-0.4, -0.2) is 30.7 Å². The van der Waals surface area contributed by atoms with Gasteiger partial charge in [0.05, 0.1) is 11.6 Å². The van der Waals surface area contributed by atoms with Gasteiger partial charge in [-0.15, -0.1) is 0 Å².